The van der Waals surface area contributed by atoms with Crippen LogP contribution in [0.3, 0.4) is 0 Å². The Kier molecular flexibility index (Phi) is 4.59. The fourth-order valence-corrected chi connectivity index (χ4v) is 2.71. The lowest BCUT2D eigenvalue weighted by molar-refractivity contribution is -0.242. The predicted molar refractivity (Wildman–Crippen MR) is 79.4 cm³/mol. The Morgan fingerprint density at radius 1 is 1.29 bits per heavy atom. The first kappa shape index (κ1) is 17.8. The lowest BCUT2D eigenvalue weighted by Gasteiger charge is -2.48. The van der Waals surface area contributed by atoms with Crippen molar-refractivity contribution < 1.29 is 27.5 Å². The number of rotatable bonds is 3. The number of allylic oxidation sites excluding steroid dienone is 1. The molecule has 1 atom stereocenters. The molecular weight excluding hydrogens is 325 g/mol. The molecule has 1 unspecified atom stereocenters. The van der Waals surface area contributed by atoms with E-state index < -0.39 is 29.3 Å². The van der Waals surface area contributed by atoms with Crippen molar-refractivity contribution in [2.45, 2.75) is 25.7 Å². The molecule has 1 amide bonds. The van der Waals surface area contributed by atoms with Crippen LogP contribution in [0.2, 0.25) is 0 Å². The Labute approximate surface area is 137 Å². The van der Waals surface area contributed by atoms with Gasteiger partial charge in [-0.25, -0.2) is 4.79 Å². The summed E-state index contributed by atoms with van der Waals surface area (Å²) in [6.07, 6.45) is -4.82. The van der Waals surface area contributed by atoms with Crippen molar-refractivity contribution in [3.63, 3.8) is 0 Å². The second-order valence-electron chi connectivity index (χ2n) is 5.27. The molecule has 0 saturated carbocycles. The van der Waals surface area contributed by atoms with Gasteiger partial charge in [-0.05, 0) is 13.8 Å². The number of halogens is 3. The number of carbonyl (C=O) groups excluding carboxylic acids is 2. The number of carbonyl (C=O) groups is 2. The summed E-state index contributed by atoms with van der Waals surface area (Å²) >= 11 is 0. The van der Waals surface area contributed by atoms with Gasteiger partial charge in [0.05, 0.1) is 6.61 Å². The number of esters is 1. The summed E-state index contributed by atoms with van der Waals surface area (Å²) in [6, 6.07) is 7.01. The van der Waals surface area contributed by atoms with Gasteiger partial charge in [-0.15, -0.1) is 0 Å². The summed E-state index contributed by atoms with van der Waals surface area (Å²) < 4.78 is 46.6. The summed E-state index contributed by atoms with van der Waals surface area (Å²) in [5, 5.41) is 1.96. The maximum absolute atomic E-state index is 14.0. The number of nitrogens with zero attached hydrogens (tertiary/aromatic N) is 1. The highest BCUT2D eigenvalue weighted by molar-refractivity contribution is 6.17. The van der Waals surface area contributed by atoms with Gasteiger partial charge in [0.2, 0.25) is 5.66 Å². The largest absolute Gasteiger partial charge is 0.462 e. The van der Waals surface area contributed by atoms with E-state index >= 15 is 0 Å². The third-order valence-corrected chi connectivity index (χ3v) is 3.97. The van der Waals surface area contributed by atoms with E-state index in [-0.39, 0.29) is 17.9 Å². The zero-order valence-corrected chi connectivity index (χ0v) is 13.4. The van der Waals surface area contributed by atoms with Crippen LogP contribution in [0, 0.1) is 0 Å². The van der Waals surface area contributed by atoms with Crippen molar-refractivity contribution >= 4 is 11.9 Å². The van der Waals surface area contributed by atoms with Gasteiger partial charge in [-0.1, -0.05) is 30.3 Å². The molecule has 1 aliphatic heterocycles. The van der Waals surface area contributed by atoms with E-state index in [0.717, 1.165) is 4.90 Å². The van der Waals surface area contributed by atoms with Gasteiger partial charge < -0.3 is 15.0 Å². The Morgan fingerprint density at radius 3 is 2.38 bits per heavy atom. The Morgan fingerprint density at radius 2 is 1.88 bits per heavy atom. The average Bonchev–Trinajstić information content (AvgIpc) is 2.51. The lowest BCUT2D eigenvalue weighted by Crippen LogP contribution is -2.67. The van der Waals surface area contributed by atoms with E-state index in [9.17, 15) is 22.8 Å². The van der Waals surface area contributed by atoms with E-state index in [1.165, 1.54) is 38.2 Å². The van der Waals surface area contributed by atoms with E-state index in [0.29, 0.717) is 0 Å². The summed E-state index contributed by atoms with van der Waals surface area (Å²) in [5.41, 5.74) is -3.46. The molecule has 0 saturated heterocycles. The van der Waals surface area contributed by atoms with Crippen LogP contribution in [0.25, 0.3) is 0 Å². The third kappa shape index (κ3) is 2.61. The second-order valence-corrected chi connectivity index (χ2v) is 5.27. The standard InChI is InChI=1S/C16H17F3N2O3/c1-4-24-14(23)12-10(2)21(3)15(16(17,18)19,20-13(12)22)11-8-6-5-7-9-11/h5-9H,4H2,1-3H3,(H,20,22). The molecule has 0 aromatic heterocycles. The first-order valence-corrected chi connectivity index (χ1v) is 7.23. The molecule has 130 valence electrons. The quantitative estimate of drug-likeness (QED) is 0.676. The van der Waals surface area contributed by atoms with Crippen molar-refractivity contribution in [1.82, 2.24) is 10.2 Å². The smallest absolute Gasteiger partial charge is 0.435 e. The summed E-state index contributed by atoms with van der Waals surface area (Å²) in [5.74, 6) is -2.08. The number of benzene rings is 1. The molecule has 1 heterocycles. The summed E-state index contributed by atoms with van der Waals surface area (Å²) in [7, 11) is 1.18. The van der Waals surface area contributed by atoms with Crippen molar-refractivity contribution in [1.29, 1.82) is 0 Å². The number of amides is 1. The molecule has 1 aromatic carbocycles. The Hall–Kier alpha value is -2.51. The minimum absolute atomic E-state index is 0.00963. The van der Waals surface area contributed by atoms with Crippen LogP contribution in [-0.2, 0) is 20.0 Å². The number of alkyl halides is 3. The number of ether oxygens (including phenoxy) is 1. The third-order valence-electron chi connectivity index (χ3n) is 3.97. The Bertz CT molecular complexity index is 686. The van der Waals surface area contributed by atoms with E-state index in [1.54, 1.807) is 13.0 Å². The van der Waals surface area contributed by atoms with Crippen LogP contribution in [-0.4, -0.2) is 36.6 Å². The normalized spacial score (nSPS) is 21.6. The lowest BCUT2D eigenvalue weighted by atomic mass is 9.92. The molecule has 0 radical (unpaired) electrons. The maximum atomic E-state index is 14.0. The SMILES string of the molecule is CCOC(=O)C1=C(C)N(C)C(c2ccccc2)(C(F)(F)F)NC1=O. The minimum atomic E-state index is -4.82. The van der Waals surface area contributed by atoms with Gasteiger partial charge in [0.15, 0.2) is 0 Å². The minimum Gasteiger partial charge on any atom is -0.462 e. The van der Waals surface area contributed by atoms with Gasteiger partial charge in [-0.3, -0.25) is 4.79 Å². The molecule has 0 bridgehead atoms. The van der Waals surface area contributed by atoms with Crippen LogP contribution in [0.4, 0.5) is 13.2 Å². The van der Waals surface area contributed by atoms with Crippen LogP contribution >= 0.6 is 0 Å². The zero-order chi connectivity index (χ0) is 18.1. The van der Waals surface area contributed by atoms with Crippen LogP contribution in [0.1, 0.15) is 19.4 Å². The number of hydrogen-bond acceptors (Lipinski definition) is 4. The average molecular weight is 342 g/mol. The molecule has 2 rings (SSSR count). The van der Waals surface area contributed by atoms with E-state index in [1.807, 2.05) is 5.32 Å². The molecule has 1 aliphatic rings. The highest BCUT2D eigenvalue weighted by Crippen LogP contribution is 2.45. The van der Waals surface area contributed by atoms with E-state index in [4.69, 9.17) is 4.74 Å². The van der Waals surface area contributed by atoms with Crippen molar-refractivity contribution in [2.24, 2.45) is 0 Å². The first-order valence-electron chi connectivity index (χ1n) is 7.23. The van der Waals surface area contributed by atoms with Crippen molar-refractivity contribution in [2.75, 3.05) is 13.7 Å². The molecule has 0 spiro atoms. The van der Waals surface area contributed by atoms with Crippen LogP contribution < -0.4 is 5.32 Å². The monoisotopic (exact) mass is 342 g/mol. The fraction of sp³-hybridized carbons (Fsp3) is 0.375. The van der Waals surface area contributed by atoms with Gasteiger partial charge in [0, 0.05) is 18.3 Å². The molecule has 8 heteroatoms. The fourth-order valence-electron chi connectivity index (χ4n) is 2.71. The molecule has 0 fully saturated rings. The number of hydrogen-bond donors (Lipinski definition) is 1. The highest BCUT2D eigenvalue weighted by atomic mass is 19.4. The first-order chi connectivity index (χ1) is 11.2. The van der Waals surface area contributed by atoms with Crippen molar-refractivity contribution in [3.8, 4) is 0 Å². The Balaban J connectivity index is 2.66. The van der Waals surface area contributed by atoms with E-state index in [2.05, 4.69) is 0 Å². The van der Waals surface area contributed by atoms with Gasteiger partial charge in [-0.2, -0.15) is 13.2 Å². The number of nitrogens with one attached hydrogen (secondary N) is 1. The van der Waals surface area contributed by atoms with Crippen LogP contribution in [0.5, 0.6) is 0 Å². The molecule has 1 aromatic rings. The maximum Gasteiger partial charge on any atom is 0.435 e. The van der Waals surface area contributed by atoms with Gasteiger partial charge in [0.1, 0.15) is 5.57 Å². The zero-order valence-electron chi connectivity index (χ0n) is 13.4. The molecular formula is C16H17F3N2O3. The topological polar surface area (TPSA) is 58.6 Å². The van der Waals surface area contributed by atoms with Crippen molar-refractivity contribution in [3.05, 3.63) is 47.2 Å². The second kappa shape index (κ2) is 6.18. The van der Waals surface area contributed by atoms with Gasteiger partial charge >= 0.3 is 12.1 Å². The van der Waals surface area contributed by atoms with Crippen LogP contribution in [0.15, 0.2) is 41.6 Å². The molecule has 5 nitrogen and oxygen atoms in total. The molecule has 1 N–H and O–H groups in total. The summed E-state index contributed by atoms with van der Waals surface area (Å²) in [4.78, 5) is 25.1. The molecule has 0 aliphatic carbocycles. The highest BCUT2D eigenvalue weighted by Gasteiger charge is 2.62. The molecule has 24 heavy (non-hydrogen) atoms. The summed E-state index contributed by atoms with van der Waals surface area (Å²) in [6.45, 7) is 2.84. The van der Waals surface area contributed by atoms with Gasteiger partial charge in [0.25, 0.3) is 5.91 Å². The predicted octanol–water partition coefficient (Wildman–Crippen LogP) is 2.30.